The van der Waals surface area contributed by atoms with E-state index in [1.54, 1.807) is 21.1 Å². The summed E-state index contributed by atoms with van der Waals surface area (Å²) in [7, 11) is 3.49. The first-order valence-electron chi connectivity index (χ1n) is 14.4. The summed E-state index contributed by atoms with van der Waals surface area (Å²) in [6, 6.07) is 15.2. The lowest BCUT2D eigenvalue weighted by atomic mass is 9.85. The van der Waals surface area contributed by atoms with Gasteiger partial charge in [-0.15, -0.1) is 11.8 Å². The van der Waals surface area contributed by atoms with Crippen LogP contribution in [0.25, 0.3) is 0 Å². The SMILES string of the molecule is COCCCSc1ccc([C@@H]2[C@@H](OCc3ccc4c(c3)N(CCCOC)CCO4)CNC[C@H]2OCC(C)O)cc1. The smallest absolute Gasteiger partial charge is 0.142 e. The van der Waals surface area contributed by atoms with Crippen molar-refractivity contribution in [3.8, 4) is 5.75 Å². The predicted octanol–water partition coefficient (Wildman–Crippen LogP) is 4.09. The lowest BCUT2D eigenvalue weighted by Gasteiger charge is -2.39. The fraction of sp³-hybridized carbons (Fsp3) is 0.613. The third kappa shape index (κ3) is 9.08. The molecule has 2 aromatic rings. The fourth-order valence-corrected chi connectivity index (χ4v) is 6.13. The highest BCUT2D eigenvalue weighted by atomic mass is 32.2. The lowest BCUT2D eigenvalue weighted by molar-refractivity contribution is -0.0752. The van der Waals surface area contributed by atoms with E-state index in [9.17, 15) is 5.11 Å². The van der Waals surface area contributed by atoms with Crippen molar-refractivity contribution < 1.29 is 28.8 Å². The van der Waals surface area contributed by atoms with Crippen LogP contribution in [-0.2, 0) is 25.6 Å². The Labute approximate surface area is 243 Å². The minimum Gasteiger partial charge on any atom is -0.490 e. The molecule has 0 radical (unpaired) electrons. The van der Waals surface area contributed by atoms with Gasteiger partial charge >= 0.3 is 0 Å². The Kier molecular flexibility index (Phi) is 12.9. The van der Waals surface area contributed by atoms with Crippen molar-refractivity contribution in [1.82, 2.24) is 5.32 Å². The number of nitrogens with one attached hydrogen (secondary N) is 1. The van der Waals surface area contributed by atoms with Gasteiger partial charge in [0.05, 0.1) is 43.8 Å². The first-order chi connectivity index (χ1) is 19.6. The van der Waals surface area contributed by atoms with Gasteiger partial charge < -0.3 is 39.0 Å². The maximum Gasteiger partial charge on any atom is 0.142 e. The van der Waals surface area contributed by atoms with E-state index in [-0.39, 0.29) is 18.1 Å². The Bertz CT molecular complexity index is 1010. The lowest BCUT2D eigenvalue weighted by Crippen LogP contribution is -2.51. The van der Waals surface area contributed by atoms with Crippen LogP contribution in [0.3, 0.4) is 0 Å². The molecule has 0 aromatic heterocycles. The van der Waals surface area contributed by atoms with Crippen LogP contribution in [0.15, 0.2) is 47.4 Å². The maximum absolute atomic E-state index is 9.89. The first-order valence-corrected chi connectivity index (χ1v) is 15.4. The average molecular weight is 575 g/mol. The topological polar surface area (TPSA) is 81.7 Å². The quantitative estimate of drug-likeness (QED) is 0.228. The number of methoxy groups -OCH3 is 2. The van der Waals surface area contributed by atoms with Gasteiger partial charge in [0.2, 0.25) is 0 Å². The van der Waals surface area contributed by atoms with Gasteiger partial charge in [0.25, 0.3) is 0 Å². The third-order valence-electron chi connectivity index (χ3n) is 7.29. The molecule has 4 atom stereocenters. The Morgan fingerprint density at radius 2 is 1.77 bits per heavy atom. The van der Waals surface area contributed by atoms with Crippen LogP contribution in [0, 0.1) is 0 Å². The Balaban J connectivity index is 1.45. The second-order valence-electron chi connectivity index (χ2n) is 10.5. The summed E-state index contributed by atoms with van der Waals surface area (Å²) in [6.07, 6.45) is 1.32. The number of rotatable bonds is 16. The number of anilines is 1. The minimum atomic E-state index is -0.516. The molecule has 1 unspecified atom stereocenters. The number of thioether (sulfide) groups is 1. The molecule has 0 spiro atoms. The van der Waals surface area contributed by atoms with E-state index in [1.807, 2.05) is 11.8 Å². The molecule has 9 heteroatoms. The van der Waals surface area contributed by atoms with Crippen molar-refractivity contribution in [3.05, 3.63) is 53.6 Å². The summed E-state index contributed by atoms with van der Waals surface area (Å²) >= 11 is 1.85. The molecule has 2 N–H and O–H groups in total. The number of hydrogen-bond acceptors (Lipinski definition) is 9. The number of benzene rings is 2. The molecule has 0 amide bonds. The van der Waals surface area contributed by atoms with E-state index in [0.29, 0.717) is 19.8 Å². The zero-order chi connectivity index (χ0) is 28.2. The normalized spacial score (nSPS) is 21.6. The van der Waals surface area contributed by atoms with Gasteiger partial charge in [0.1, 0.15) is 12.4 Å². The summed E-state index contributed by atoms with van der Waals surface area (Å²) in [6.45, 7) is 8.05. The van der Waals surface area contributed by atoms with Crippen molar-refractivity contribution in [2.45, 2.75) is 55.5 Å². The molecule has 222 valence electrons. The molecule has 1 saturated heterocycles. The van der Waals surface area contributed by atoms with Gasteiger partial charge in [-0.05, 0) is 55.2 Å². The second kappa shape index (κ2) is 16.6. The molecule has 40 heavy (non-hydrogen) atoms. The Morgan fingerprint density at radius 1 is 1.02 bits per heavy atom. The van der Waals surface area contributed by atoms with E-state index >= 15 is 0 Å². The molecule has 2 aliphatic rings. The van der Waals surface area contributed by atoms with Gasteiger partial charge in [0, 0.05) is 63.6 Å². The van der Waals surface area contributed by atoms with Crippen molar-refractivity contribution in [2.75, 3.05) is 77.5 Å². The molecule has 2 aromatic carbocycles. The van der Waals surface area contributed by atoms with Gasteiger partial charge in [0.15, 0.2) is 0 Å². The van der Waals surface area contributed by atoms with Crippen LogP contribution in [0.1, 0.15) is 36.8 Å². The van der Waals surface area contributed by atoms with Crippen molar-refractivity contribution in [3.63, 3.8) is 0 Å². The van der Waals surface area contributed by atoms with Crippen molar-refractivity contribution in [2.24, 2.45) is 0 Å². The highest BCUT2D eigenvalue weighted by Crippen LogP contribution is 2.35. The fourth-order valence-electron chi connectivity index (χ4n) is 5.30. The molecule has 0 saturated carbocycles. The van der Waals surface area contributed by atoms with E-state index < -0.39 is 6.10 Å². The van der Waals surface area contributed by atoms with Crippen molar-refractivity contribution >= 4 is 17.4 Å². The molecular formula is C31H46N2O6S. The summed E-state index contributed by atoms with van der Waals surface area (Å²) in [5.41, 5.74) is 3.44. The molecule has 4 rings (SSSR count). The third-order valence-corrected chi connectivity index (χ3v) is 8.39. The molecule has 0 aliphatic carbocycles. The van der Waals surface area contributed by atoms with Crippen LogP contribution in [0.5, 0.6) is 5.75 Å². The van der Waals surface area contributed by atoms with E-state index in [1.165, 1.54) is 10.5 Å². The van der Waals surface area contributed by atoms with Crippen LogP contribution >= 0.6 is 11.8 Å². The highest BCUT2D eigenvalue weighted by Gasteiger charge is 2.36. The van der Waals surface area contributed by atoms with Gasteiger partial charge in [-0.25, -0.2) is 0 Å². The van der Waals surface area contributed by atoms with E-state index in [0.717, 1.165) is 75.0 Å². The van der Waals surface area contributed by atoms with E-state index in [4.69, 9.17) is 23.7 Å². The molecule has 1 fully saturated rings. The number of nitrogens with zero attached hydrogens (tertiary/aromatic N) is 1. The average Bonchev–Trinajstić information content (AvgIpc) is 2.98. The zero-order valence-electron chi connectivity index (χ0n) is 24.2. The predicted molar refractivity (Wildman–Crippen MR) is 160 cm³/mol. The number of ether oxygens (including phenoxy) is 5. The first kappa shape index (κ1) is 31.1. The summed E-state index contributed by atoms with van der Waals surface area (Å²) in [4.78, 5) is 3.63. The van der Waals surface area contributed by atoms with Gasteiger partial charge in [-0.2, -0.15) is 0 Å². The summed E-state index contributed by atoms with van der Waals surface area (Å²) in [5.74, 6) is 2.01. The number of fused-ring (bicyclic) bond motifs is 1. The van der Waals surface area contributed by atoms with Gasteiger partial charge in [-0.1, -0.05) is 18.2 Å². The number of hydrogen-bond donors (Lipinski definition) is 2. The molecule has 2 heterocycles. The molecule has 0 bridgehead atoms. The molecule has 2 aliphatic heterocycles. The highest BCUT2D eigenvalue weighted by molar-refractivity contribution is 7.99. The monoisotopic (exact) mass is 574 g/mol. The molecular weight excluding hydrogens is 528 g/mol. The van der Waals surface area contributed by atoms with Crippen molar-refractivity contribution in [1.29, 1.82) is 0 Å². The Hall–Kier alpha value is -1.85. The van der Waals surface area contributed by atoms with Crippen LogP contribution in [-0.4, -0.2) is 96.0 Å². The standard InChI is InChI=1S/C31H46N2O6S/c1-23(34)21-38-29-19-32-20-30(31(29)25-7-9-26(10-8-25)40-17-5-15-36-3)39-22-24-6-11-28-27(18-24)33(13-16-37-28)12-4-14-35-2/h6-11,18,23,29-32,34H,4-5,12-17,19-22H2,1-3H3/t23?,29-,30+,31+/m1/s1. The largest absolute Gasteiger partial charge is 0.490 e. The minimum absolute atomic E-state index is 0.0547. The number of aliphatic hydroxyl groups is 1. The van der Waals surface area contributed by atoms with Gasteiger partial charge in [-0.3, -0.25) is 0 Å². The maximum atomic E-state index is 9.89. The van der Waals surface area contributed by atoms with Crippen LogP contribution in [0.4, 0.5) is 5.69 Å². The zero-order valence-corrected chi connectivity index (χ0v) is 25.0. The summed E-state index contributed by atoms with van der Waals surface area (Å²) < 4.78 is 29.2. The number of aliphatic hydroxyl groups excluding tert-OH is 1. The second-order valence-corrected chi connectivity index (χ2v) is 11.7. The van der Waals surface area contributed by atoms with E-state index in [2.05, 4.69) is 52.7 Å². The number of piperidine rings is 1. The summed E-state index contributed by atoms with van der Waals surface area (Å²) in [5, 5.41) is 13.4. The van der Waals surface area contributed by atoms with Crippen LogP contribution in [0.2, 0.25) is 0 Å². The Morgan fingerprint density at radius 3 is 2.52 bits per heavy atom. The van der Waals surface area contributed by atoms with Crippen LogP contribution < -0.4 is 15.0 Å². The molecule has 8 nitrogen and oxygen atoms in total.